The van der Waals surface area contributed by atoms with Crippen molar-refractivity contribution in [3.05, 3.63) is 67.9 Å². The highest BCUT2D eigenvalue weighted by Gasteiger charge is 2.24. The van der Waals surface area contributed by atoms with E-state index >= 15 is 0 Å². The summed E-state index contributed by atoms with van der Waals surface area (Å²) in [6, 6.07) is 9.06. The van der Waals surface area contributed by atoms with Crippen LogP contribution in [0, 0.1) is 12.3 Å². The zero-order chi connectivity index (χ0) is 38.2. The molecule has 0 fully saturated rings. The fourth-order valence-corrected chi connectivity index (χ4v) is 5.04. The van der Waals surface area contributed by atoms with E-state index < -0.39 is 37.6 Å². The second-order valence-corrected chi connectivity index (χ2v) is 13.9. The normalized spacial score (nSPS) is 11.0. The van der Waals surface area contributed by atoms with Gasteiger partial charge in [0.1, 0.15) is 25.0 Å². The van der Waals surface area contributed by atoms with Crippen LogP contribution >= 0.6 is 42.4 Å². The molecule has 0 aliphatic carbocycles. The van der Waals surface area contributed by atoms with Crippen LogP contribution in [0.3, 0.4) is 0 Å². The van der Waals surface area contributed by atoms with Crippen LogP contribution in [0.15, 0.2) is 39.5 Å². The van der Waals surface area contributed by atoms with Crippen molar-refractivity contribution < 1.29 is 42.9 Å². The summed E-state index contributed by atoms with van der Waals surface area (Å²) >= 11 is 17.9. The number of anilines is 1. The molecule has 0 saturated heterocycles. The fraction of sp³-hybridized carbons (Fsp3) is 0.438. The van der Waals surface area contributed by atoms with Gasteiger partial charge in [0.05, 0.1) is 34.3 Å². The first kappa shape index (κ1) is 44.6. The molecule has 0 saturated carbocycles. The number of aliphatic carboxylic acids is 1. The van der Waals surface area contributed by atoms with Gasteiger partial charge in [0.25, 0.3) is 0 Å². The van der Waals surface area contributed by atoms with Crippen molar-refractivity contribution in [1.29, 1.82) is 0 Å². The third-order valence-electron chi connectivity index (χ3n) is 6.23. The fourth-order valence-electron chi connectivity index (χ4n) is 3.98. The third-order valence-corrected chi connectivity index (χ3v) is 7.69. The van der Waals surface area contributed by atoms with Gasteiger partial charge in [0.2, 0.25) is 11.8 Å². The van der Waals surface area contributed by atoms with E-state index in [4.69, 9.17) is 70.0 Å². The topological polar surface area (TPSA) is 194 Å². The van der Waals surface area contributed by atoms with Crippen molar-refractivity contribution in [2.75, 3.05) is 44.1 Å². The zero-order valence-electron chi connectivity index (χ0n) is 28.5. The predicted octanol–water partition coefficient (Wildman–Crippen LogP) is 5.22. The largest absolute Gasteiger partial charge is 0.480 e. The number of benzene rings is 2. The molecule has 14 nitrogen and oxygen atoms in total. The maximum atomic E-state index is 12.0. The number of nitrogens with zero attached hydrogens (tertiary/aromatic N) is 3. The first-order valence-electron chi connectivity index (χ1n) is 14.9. The minimum atomic E-state index is -4.10. The molecular formula is C32H42Cl3N4O10P. The Morgan fingerprint density at radius 3 is 2.18 bits per heavy atom. The van der Waals surface area contributed by atoms with Crippen LogP contribution in [0.1, 0.15) is 51.6 Å². The van der Waals surface area contributed by atoms with Gasteiger partial charge in [-0.25, -0.2) is 4.79 Å². The van der Waals surface area contributed by atoms with Crippen molar-refractivity contribution in [1.82, 2.24) is 15.1 Å². The number of hydrogen-bond acceptors (Lipinski definition) is 9. The van der Waals surface area contributed by atoms with E-state index in [0.29, 0.717) is 17.3 Å². The molecule has 0 aliphatic heterocycles. The number of para-hydroxylation sites is 1. The summed E-state index contributed by atoms with van der Waals surface area (Å²) in [4.78, 5) is 51.7. The van der Waals surface area contributed by atoms with Crippen molar-refractivity contribution in [3.63, 3.8) is 0 Å². The summed E-state index contributed by atoms with van der Waals surface area (Å²) in [5.41, 5.74) is 3.14. The average Bonchev–Trinajstić information content (AvgIpc) is 3.44. The van der Waals surface area contributed by atoms with E-state index in [1.165, 1.54) is 12.1 Å². The number of terminal acetylenes is 1. The number of aromatic nitrogens is 2. The van der Waals surface area contributed by atoms with Crippen LogP contribution in [-0.2, 0) is 37.1 Å². The number of carboxylic acids is 1. The van der Waals surface area contributed by atoms with Crippen LogP contribution in [0.5, 0.6) is 5.75 Å². The maximum absolute atomic E-state index is 12.0. The molecule has 0 radical (unpaired) electrons. The molecule has 1 aromatic heterocycles. The van der Waals surface area contributed by atoms with Crippen LogP contribution in [-0.4, -0.2) is 75.7 Å². The number of rotatable bonds is 13. The Balaban J connectivity index is 0.000000402. The second kappa shape index (κ2) is 21.1. The summed E-state index contributed by atoms with van der Waals surface area (Å²) in [6.45, 7) is 9.64. The number of aryl methyl sites for hydroxylation is 2. The molecule has 0 unspecified atom stereocenters. The molecule has 3 aromatic rings. The van der Waals surface area contributed by atoms with Crippen molar-refractivity contribution in [2.45, 2.75) is 52.9 Å². The molecule has 0 bridgehead atoms. The van der Waals surface area contributed by atoms with Crippen molar-refractivity contribution in [3.8, 4) is 23.8 Å². The lowest BCUT2D eigenvalue weighted by Crippen LogP contribution is -2.35. The van der Waals surface area contributed by atoms with E-state index in [1.54, 1.807) is 12.0 Å². The Labute approximate surface area is 305 Å². The minimum absolute atomic E-state index is 0.0371. The Hall–Kier alpha value is -3.38. The Bertz CT molecular complexity index is 1710. The summed E-state index contributed by atoms with van der Waals surface area (Å²) < 4.78 is 26.7. The summed E-state index contributed by atoms with van der Waals surface area (Å²) in [6.07, 6.45) is 6.30. The van der Waals surface area contributed by atoms with Gasteiger partial charge in [0, 0.05) is 18.6 Å². The number of halogens is 3. The van der Waals surface area contributed by atoms with Crippen LogP contribution in [0.4, 0.5) is 5.69 Å². The van der Waals surface area contributed by atoms with Gasteiger partial charge in [0.15, 0.2) is 0 Å². The van der Waals surface area contributed by atoms with Gasteiger partial charge < -0.3 is 28.8 Å². The number of carbonyl (C=O) groups is 2. The van der Waals surface area contributed by atoms with Crippen molar-refractivity contribution in [2.24, 2.45) is 0 Å². The number of nitrogens with one attached hydrogen (secondary N) is 1. The Kier molecular flexibility index (Phi) is 18.8. The molecule has 0 aliphatic rings. The number of ether oxygens (including phenoxy) is 2. The first-order chi connectivity index (χ1) is 23.3. The highest BCUT2D eigenvalue weighted by atomic mass is 35.5. The Morgan fingerprint density at radius 2 is 1.74 bits per heavy atom. The van der Waals surface area contributed by atoms with E-state index in [0.717, 1.165) is 34.3 Å². The minimum Gasteiger partial charge on any atom is -0.480 e. The van der Waals surface area contributed by atoms with E-state index in [2.05, 4.69) is 30.2 Å². The molecule has 1 amide bonds. The molecule has 1 heterocycles. The molecule has 4 N–H and O–H groups in total. The van der Waals surface area contributed by atoms with Gasteiger partial charge in [-0.2, -0.15) is 4.68 Å². The number of alkyl halides is 1. The number of hydrogen-bond donors (Lipinski definition) is 4. The molecule has 2 aromatic carbocycles. The molecule has 18 heteroatoms. The number of carbonyl (C=O) groups excluding carboxylic acids is 1. The predicted molar refractivity (Wildman–Crippen MR) is 193 cm³/mol. The summed E-state index contributed by atoms with van der Waals surface area (Å²) in [5, 5.41) is 14.8. The smallest absolute Gasteiger partial charge is 0.442 e. The highest BCUT2D eigenvalue weighted by molar-refractivity contribution is 7.51. The molecular weight excluding hydrogens is 738 g/mol. The number of carboxylic acid groups (broad SMARTS) is 1. The molecule has 0 spiro atoms. The second-order valence-electron chi connectivity index (χ2n) is 11.2. The van der Waals surface area contributed by atoms with E-state index in [-0.39, 0.29) is 35.2 Å². The van der Waals surface area contributed by atoms with Crippen molar-refractivity contribution >= 4 is 60.0 Å². The molecule has 3 rings (SSSR count). The quantitative estimate of drug-likeness (QED) is 0.0766. The van der Waals surface area contributed by atoms with Crippen LogP contribution in [0.2, 0.25) is 10.0 Å². The molecule has 50 heavy (non-hydrogen) atoms. The average molecular weight is 780 g/mol. The standard InChI is InChI=1S/C15H14Cl2N2O3.C14H20ClNO2.C3H8NO5P/c1-5-6-21-12-8-11(9(16)7-10(12)17)19-14(20)22-13(18-19)15(2,3)4;1-4-11-7-6-8-12(5-2)14(11)16(10-18-3)13(17)9-15;5-3(6)1-4-2-10(7,8)9/h1,7-8H,6H2,2-4H3;6-8H,4-5,9-10H2,1-3H3;4H,1-2H2,(H,5,6)(H2,7,8,9). The lowest BCUT2D eigenvalue weighted by Gasteiger charge is -2.26. The van der Waals surface area contributed by atoms with Crippen LogP contribution in [0.25, 0.3) is 5.69 Å². The maximum Gasteiger partial charge on any atom is 0.442 e. The van der Waals surface area contributed by atoms with Gasteiger partial charge in [-0.15, -0.1) is 23.1 Å². The van der Waals surface area contributed by atoms with Gasteiger partial charge >= 0.3 is 19.3 Å². The van der Waals surface area contributed by atoms with E-state index in [9.17, 15) is 18.9 Å². The lowest BCUT2D eigenvalue weighted by atomic mass is 9.97. The third kappa shape index (κ3) is 14.5. The SMILES string of the molecule is C#CCOc1cc(-n2nc(C(C)(C)C)oc2=O)c(Cl)cc1Cl.CCc1cccc(CC)c1N(COC)C(=O)CCl.O=C(O)CNCP(=O)(O)O. The monoisotopic (exact) mass is 778 g/mol. The lowest BCUT2D eigenvalue weighted by molar-refractivity contribution is -0.135. The first-order valence-corrected chi connectivity index (χ1v) is 18.0. The molecule has 0 atom stereocenters. The van der Waals surface area contributed by atoms with E-state index in [1.807, 2.05) is 39.0 Å². The summed E-state index contributed by atoms with van der Waals surface area (Å²) in [7, 11) is -2.52. The van der Waals surface area contributed by atoms with Gasteiger partial charge in [-0.1, -0.05) is 81.9 Å². The highest BCUT2D eigenvalue weighted by Crippen LogP contribution is 2.33. The number of methoxy groups -OCH3 is 1. The zero-order valence-corrected chi connectivity index (χ0v) is 31.7. The molecule has 276 valence electrons. The van der Waals surface area contributed by atoms with Gasteiger partial charge in [-0.05, 0) is 30.0 Å². The summed E-state index contributed by atoms with van der Waals surface area (Å²) in [5.74, 6) is 0.994. The van der Waals surface area contributed by atoms with Gasteiger partial charge in [-0.3, -0.25) is 24.4 Å². The van der Waals surface area contributed by atoms with Crippen LogP contribution < -0.4 is 20.7 Å². The number of amides is 1. The Morgan fingerprint density at radius 1 is 1.14 bits per heavy atom.